The number of furan rings is 2. The lowest BCUT2D eigenvalue weighted by Gasteiger charge is -2.37. The normalized spacial score (nSPS) is 14.8. The molecule has 11 heteroatoms. The maximum absolute atomic E-state index is 14.2. The Hall–Kier alpha value is -3.76. The van der Waals surface area contributed by atoms with Crippen LogP contribution in [0.15, 0.2) is 68.5 Å². The standard InChI is InChI=1S/C33H37ClN2O7S/c1-4-36(44(39,40)26-12-14-29-27(19-26)22(3)30(43-29)31(37)41-5-2)28-13-11-24(34)18-23(28)20-33(15-7-6-8-16-33)32(38)35-21-25-10-9-17-42-25/h9-14,17-19H,4-8,15-16,20-21H2,1-3H3,(H,35,38). The molecule has 1 N–H and O–H groups in total. The molecule has 2 aromatic heterocycles. The number of esters is 1. The number of hydrogen-bond donors (Lipinski definition) is 1. The lowest BCUT2D eigenvalue weighted by molar-refractivity contribution is -0.133. The molecule has 1 aliphatic carbocycles. The second kappa shape index (κ2) is 13.1. The molecule has 0 radical (unpaired) electrons. The lowest BCUT2D eigenvalue weighted by Crippen LogP contribution is -2.44. The van der Waals surface area contributed by atoms with E-state index < -0.39 is 21.4 Å². The summed E-state index contributed by atoms with van der Waals surface area (Å²) in [5.74, 6) is 0.0298. The molecule has 0 atom stereocenters. The van der Waals surface area contributed by atoms with Crippen molar-refractivity contribution >= 4 is 50.2 Å². The third kappa shape index (κ3) is 6.23. The van der Waals surface area contributed by atoms with Crippen LogP contribution in [0.4, 0.5) is 5.69 Å². The van der Waals surface area contributed by atoms with Gasteiger partial charge in [-0.3, -0.25) is 9.10 Å². The fourth-order valence-electron chi connectivity index (χ4n) is 6.13. The summed E-state index contributed by atoms with van der Waals surface area (Å²) in [6, 6.07) is 13.3. The number of carbonyl (C=O) groups is 2. The number of carbonyl (C=O) groups excluding carboxylic acids is 2. The molecule has 4 aromatic rings. The van der Waals surface area contributed by atoms with Crippen LogP contribution in [0.1, 0.15) is 73.4 Å². The van der Waals surface area contributed by atoms with E-state index in [1.165, 1.54) is 16.4 Å². The summed E-state index contributed by atoms with van der Waals surface area (Å²) in [4.78, 5) is 26.2. The van der Waals surface area contributed by atoms with Gasteiger partial charge in [-0.25, -0.2) is 13.2 Å². The van der Waals surface area contributed by atoms with Gasteiger partial charge in [0.25, 0.3) is 10.0 Å². The van der Waals surface area contributed by atoms with Crippen LogP contribution in [-0.2, 0) is 32.5 Å². The van der Waals surface area contributed by atoms with E-state index in [0.717, 1.165) is 19.3 Å². The van der Waals surface area contributed by atoms with Crippen molar-refractivity contribution in [1.29, 1.82) is 0 Å². The molecule has 5 rings (SSSR count). The first kappa shape index (κ1) is 31.7. The van der Waals surface area contributed by atoms with Crippen LogP contribution < -0.4 is 9.62 Å². The molecule has 9 nitrogen and oxygen atoms in total. The number of rotatable bonds is 11. The minimum atomic E-state index is -4.07. The summed E-state index contributed by atoms with van der Waals surface area (Å²) < 4.78 is 46.0. The van der Waals surface area contributed by atoms with Crippen LogP contribution in [0, 0.1) is 12.3 Å². The van der Waals surface area contributed by atoms with E-state index in [-0.39, 0.29) is 36.3 Å². The van der Waals surface area contributed by atoms with Gasteiger partial charge in [-0.1, -0.05) is 30.9 Å². The maximum Gasteiger partial charge on any atom is 0.374 e. The first-order chi connectivity index (χ1) is 21.1. The fraction of sp³-hybridized carbons (Fsp3) is 0.394. The van der Waals surface area contributed by atoms with Gasteiger partial charge in [0.1, 0.15) is 11.3 Å². The van der Waals surface area contributed by atoms with E-state index in [1.54, 1.807) is 57.4 Å². The van der Waals surface area contributed by atoms with Crippen LogP contribution in [0.25, 0.3) is 11.0 Å². The number of nitrogens with one attached hydrogen (secondary N) is 1. The number of aryl methyl sites for hydroxylation is 1. The van der Waals surface area contributed by atoms with Crippen LogP contribution in [0.5, 0.6) is 0 Å². The maximum atomic E-state index is 14.2. The predicted octanol–water partition coefficient (Wildman–Crippen LogP) is 7.19. The van der Waals surface area contributed by atoms with Crippen LogP contribution in [0.3, 0.4) is 0 Å². The Morgan fingerprint density at radius 3 is 2.52 bits per heavy atom. The Labute approximate surface area is 262 Å². The summed E-state index contributed by atoms with van der Waals surface area (Å²) in [5.41, 5.74) is 1.33. The van der Waals surface area contributed by atoms with E-state index in [0.29, 0.717) is 57.8 Å². The van der Waals surface area contributed by atoms with E-state index in [2.05, 4.69) is 5.32 Å². The van der Waals surface area contributed by atoms with Crippen molar-refractivity contribution in [2.24, 2.45) is 5.41 Å². The highest BCUT2D eigenvalue weighted by molar-refractivity contribution is 7.92. The van der Waals surface area contributed by atoms with Crippen molar-refractivity contribution in [3.05, 3.63) is 82.5 Å². The number of amides is 1. The second-order valence-electron chi connectivity index (χ2n) is 11.2. The summed E-state index contributed by atoms with van der Waals surface area (Å²) >= 11 is 6.47. The van der Waals surface area contributed by atoms with Crippen molar-refractivity contribution in [3.63, 3.8) is 0 Å². The van der Waals surface area contributed by atoms with Crippen molar-refractivity contribution < 1.29 is 31.6 Å². The van der Waals surface area contributed by atoms with E-state index in [9.17, 15) is 18.0 Å². The molecule has 1 amide bonds. The van der Waals surface area contributed by atoms with Gasteiger partial charge in [0, 0.05) is 22.5 Å². The highest BCUT2D eigenvalue weighted by Gasteiger charge is 2.41. The first-order valence-electron chi connectivity index (χ1n) is 14.9. The molecule has 0 aliphatic heterocycles. The number of benzene rings is 2. The van der Waals surface area contributed by atoms with Gasteiger partial charge in [-0.15, -0.1) is 0 Å². The third-order valence-corrected chi connectivity index (χ3v) is 10.5. The van der Waals surface area contributed by atoms with Gasteiger partial charge in [-0.05, 0) is 94.1 Å². The molecule has 1 aliphatic rings. The minimum Gasteiger partial charge on any atom is -0.467 e. The molecule has 0 bridgehead atoms. The molecule has 234 valence electrons. The SMILES string of the molecule is CCOC(=O)c1oc2ccc(S(=O)(=O)N(CC)c3ccc(Cl)cc3CC3(C(=O)NCc4ccco4)CCCCC3)cc2c1C. The Kier molecular flexibility index (Phi) is 9.41. The minimum absolute atomic E-state index is 0.0480. The topological polar surface area (TPSA) is 119 Å². The summed E-state index contributed by atoms with van der Waals surface area (Å²) in [6.07, 6.45) is 6.11. The van der Waals surface area contributed by atoms with Crippen molar-refractivity contribution in [1.82, 2.24) is 5.32 Å². The van der Waals surface area contributed by atoms with E-state index in [1.807, 2.05) is 6.07 Å². The number of sulfonamides is 1. The molecule has 1 saturated carbocycles. The Morgan fingerprint density at radius 2 is 1.84 bits per heavy atom. The number of halogens is 1. The number of anilines is 1. The summed E-state index contributed by atoms with van der Waals surface area (Å²) in [5, 5.41) is 4.02. The van der Waals surface area contributed by atoms with Gasteiger partial charge in [0.05, 0.1) is 35.4 Å². The summed E-state index contributed by atoms with van der Waals surface area (Å²) in [7, 11) is -4.07. The third-order valence-electron chi connectivity index (χ3n) is 8.38. The van der Waals surface area contributed by atoms with Crippen molar-refractivity contribution in [2.45, 2.75) is 70.7 Å². The van der Waals surface area contributed by atoms with Crippen LogP contribution in [0.2, 0.25) is 5.02 Å². The second-order valence-corrected chi connectivity index (χ2v) is 13.5. The smallest absolute Gasteiger partial charge is 0.374 e. The zero-order chi connectivity index (χ0) is 31.5. The van der Waals surface area contributed by atoms with Gasteiger partial charge in [0.2, 0.25) is 11.7 Å². The summed E-state index contributed by atoms with van der Waals surface area (Å²) in [6.45, 7) is 5.78. The quantitative estimate of drug-likeness (QED) is 0.172. The number of ether oxygens (including phenoxy) is 1. The van der Waals surface area contributed by atoms with Gasteiger partial charge in [0.15, 0.2) is 0 Å². The molecule has 1 fully saturated rings. The van der Waals surface area contributed by atoms with Gasteiger partial charge < -0.3 is 18.9 Å². The Bertz CT molecular complexity index is 1760. The molecule has 0 saturated heterocycles. The molecular weight excluding hydrogens is 604 g/mol. The van der Waals surface area contributed by atoms with E-state index in [4.69, 9.17) is 25.2 Å². The molecular formula is C33H37ClN2O7S. The van der Waals surface area contributed by atoms with Crippen LogP contribution in [-0.4, -0.2) is 33.4 Å². The van der Waals surface area contributed by atoms with Gasteiger partial charge in [-0.2, -0.15) is 0 Å². The zero-order valence-electron chi connectivity index (χ0n) is 25.2. The van der Waals surface area contributed by atoms with Crippen molar-refractivity contribution in [2.75, 3.05) is 17.5 Å². The number of nitrogens with zero attached hydrogens (tertiary/aromatic N) is 1. The lowest BCUT2D eigenvalue weighted by atomic mass is 9.69. The zero-order valence-corrected chi connectivity index (χ0v) is 26.7. The van der Waals surface area contributed by atoms with E-state index >= 15 is 0 Å². The fourth-order valence-corrected chi connectivity index (χ4v) is 7.87. The monoisotopic (exact) mass is 640 g/mol. The molecule has 2 heterocycles. The Balaban J connectivity index is 1.50. The Morgan fingerprint density at radius 1 is 1.07 bits per heavy atom. The predicted molar refractivity (Wildman–Crippen MR) is 168 cm³/mol. The first-order valence-corrected chi connectivity index (χ1v) is 16.7. The highest BCUT2D eigenvalue weighted by atomic mass is 35.5. The molecule has 0 unspecified atom stereocenters. The molecule has 0 spiro atoms. The van der Waals surface area contributed by atoms with Gasteiger partial charge >= 0.3 is 5.97 Å². The highest BCUT2D eigenvalue weighted by Crippen LogP contribution is 2.43. The average Bonchev–Trinajstić information content (AvgIpc) is 3.65. The molecule has 44 heavy (non-hydrogen) atoms. The molecule has 2 aromatic carbocycles. The number of fused-ring (bicyclic) bond motifs is 1. The van der Waals surface area contributed by atoms with Crippen molar-refractivity contribution in [3.8, 4) is 0 Å². The largest absolute Gasteiger partial charge is 0.467 e. The van der Waals surface area contributed by atoms with Crippen LogP contribution >= 0.6 is 11.6 Å². The number of hydrogen-bond acceptors (Lipinski definition) is 7. The average molecular weight is 641 g/mol.